The molecule has 1 unspecified atom stereocenters. The largest absolute Gasteiger partial charge is 0.367 e. The maximum Gasteiger partial charge on any atom is 0.182 e. The van der Waals surface area contributed by atoms with Crippen LogP contribution >= 0.6 is 11.6 Å². The van der Waals surface area contributed by atoms with Crippen molar-refractivity contribution in [3.63, 3.8) is 0 Å². The average Bonchev–Trinajstić information content (AvgIpc) is 2.72. The molecule has 72 valence electrons. The van der Waals surface area contributed by atoms with Crippen molar-refractivity contribution >= 4 is 11.6 Å². The smallest absolute Gasteiger partial charge is 0.182 e. The standard InChI is InChI=1S/C8H12ClN3O/c1-8(3-2-4-13-8)7-10-6(5-9)11-12-7/h2-5H2,1H3,(H,10,11,12). The average molecular weight is 202 g/mol. The summed E-state index contributed by atoms with van der Waals surface area (Å²) in [4.78, 5) is 4.26. The molecule has 0 bridgehead atoms. The Balaban J connectivity index is 2.23. The van der Waals surface area contributed by atoms with Crippen LogP contribution in [0.5, 0.6) is 0 Å². The number of nitrogens with zero attached hydrogens (tertiary/aromatic N) is 2. The lowest BCUT2D eigenvalue weighted by atomic mass is 10.0. The second-order valence-corrected chi connectivity index (χ2v) is 3.69. The zero-order chi connectivity index (χ0) is 9.31. The highest BCUT2D eigenvalue weighted by Gasteiger charge is 2.35. The van der Waals surface area contributed by atoms with Gasteiger partial charge in [0.1, 0.15) is 11.4 Å². The van der Waals surface area contributed by atoms with Crippen LogP contribution < -0.4 is 0 Å². The quantitative estimate of drug-likeness (QED) is 0.739. The van der Waals surface area contributed by atoms with E-state index in [-0.39, 0.29) is 5.60 Å². The molecule has 1 aliphatic heterocycles. The minimum atomic E-state index is -0.305. The van der Waals surface area contributed by atoms with E-state index in [1.165, 1.54) is 0 Å². The van der Waals surface area contributed by atoms with Gasteiger partial charge in [-0.1, -0.05) is 0 Å². The van der Waals surface area contributed by atoms with Crippen molar-refractivity contribution in [3.05, 3.63) is 11.6 Å². The van der Waals surface area contributed by atoms with Gasteiger partial charge in [0.15, 0.2) is 5.82 Å². The van der Waals surface area contributed by atoms with E-state index >= 15 is 0 Å². The van der Waals surface area contributed by atoms with Crippen molar-refractivity contribution in [2.45, 2.75) is 31.2 Å². The van der Waals surface area contributed by atoms with Gasteiger partial charge < -0.3 is 4.74 Å². The predicted octanol–water partition coefficient (Wildman–Crippen LogP) is 1.57. The highest BCUT2D eigenvalue weighted by Crippen LogP contribution is 2.33. The number of aromatic nitrogens is 3. The molecule has 1 aromatic rings. The Kier molecular flexibility index (Phi) is 2.26. The van der Waals surface area contributed by atoms with Crippen molar-refractivity contribution in [2.75, 3.05) is 6.61 Å². The second kappa shape index (κ2) is 3.27. The third-order valence-electron chi connectivity index (χ3n) is 2.35. The summed E-state index contributed by atoms with van der Waals surface area (Å²) in [5.74, 6) is 1.79. The Hall–Kier alpha value is -0.610. The van der Waals surface area contributed by atoms with Gasteiger partial charge in [-0.15, -0.1) is 11.6 Å². The van der Waals surface area contributed by atoms with Gasteiger partial charge in [-0.2, -0.15) is 5.10 Å². The summed E-state index contributed by atoms with van der Waals surface area (Å²) < 4.78 is 5.60. The number of hydrogen-bond donors (Lipinski definition) is 1. The summed E-state index contributed by atoms with van der Waals surface area (Å²) in [5, 5.41) is 6.88. The van der Waals surface area contributed by atoms with Crippen molar-refractivity contribution in [1.29, 1.82) is 0 Å². The van der Waals surface area contributed by atoms with Gasteiger partial charge in [0.2, 0.25) is 0 Å². The lowest BCUT2D eigenvalue weighted by Crippen LogP contribution is -2.21. The molecule has 2 rings (SSSR count). The van der Waals surface area contributed by atoms with E-state index in [1.54, 1.807) is 0 Å². The van der Waals surface area contributed by atoms with Crippen LogP contribution in [0.1, 0.15) is 31.4 Å². The van der Waals surface area contributed by atoms with Crippen LogP contribution in [0.4, 0.5) is 0 Å². The number of nitrogens with one attached hydrogen (secondary N) is 1. The zero-order valence-corrected chi connectivity index (χ0v) is 8.26. The molecule has 0 aliphatic carbocycles. The number of ether oxygens (including phenoxy) is 1. The molecule has 0 aromatic carbocycles. The molecule has 2 heterocycles. The normalized spacial score (nSPS) is 28.2. The molecule has 1 atom stereocenters. The van der Waals surface area contributed by atoms with E-state index in [9.17, 15) is 0 Å². The number of H-pyrrole nitrogens is 1. The van der Waals surface area contributed by atoms with Crippen LogP contribution in [0.3, 0.4) is 0 Å². The van der Waals surface area contributed by atoms with Crippen molar-refractivity contribution in [3.8, 4) is 0 Å². The van der Waals surface area contributed by atoms with Crippen LogP contribution in [-0.4, -0.2) is 21.8 Å². The van der Waals surface area contributed by atoms with Crippen LogP contribution in [0, 0.1) is 0 Å². The fourth-order valence-electron chi connectivity index (χ4n) is 1.55. The van der Waals surface area contributed by atoms with E-state index < -0.39 is 0 Å². The Labute approximate surface area is 81.6 Å². The van der Waals surface area contributed by atoms with Crippen molar-refractivity contribution in [2.24, 2.45) is 0 Å². The van der Waals surface area contributed by atoms with Gasteiger partial charge in [0.25, 0.3) is 0 Å². The Morgan fingerprint density at radius 3 is 3.08 bits per heavy atom. The Morgan fingerprint density at radius 1 is 1.69 bits per heavy atom. The number of halogens is 1. The first-order valence-corrected chi connectivity index (χ1v) is 4.90. The van der Waals surface area contributed by atoms with Gasteiger partial charge in [-0.3, -0.25) is 5.10 Å². The fraction of sp³-hybridized carbons (Fsp3) is 0.750. The topological polar surface area (TPSA) is 50.8 Å². The number of hydrogen-bond acceptors (Lipinski definition) is 3. The van der Waals surface area contributed by atoms with E-state index in [1.807, 2.05) is 6.92 Å². The van der Waals surface area contributed by atoms with Gasteiger partial charge in [0, 0.05) is 6.61 Å². The molecule has 1 N–H and O–H groups in total. The minimum Gasteiger partial charge on any atom is -0.367 e. The Bertz CT molecular complexity index is 293. The Morgan fingerprint density at radius 2 is 2.54 bits per heavy atom. The number of aromatic amines is 1. The first-order valence-electron chi connectivity index (χ1n) is 4.36. The van der Waals surface area contributed by atoms with E-state index in [4.69, 9.17) is 16.3 Å². The summed E-state index contributed by atoms with van der Waals surface area (Å²) in [6.45, 7) is 2.81. The summed E-state index contributed by atoms with van der Waals surface area (Å²) in [7, 11) is 0. The van der Waals surface area contributed by atoms with Gasteiger partial charge >= 0.3 is 0 Å². The third kappa shape index (κ3) is 1.56. The maximum absolute atomic E-state index is 5.62. The molecule has 0 amide bonds. The molecule has 1 fully saturated rings. The third-order valence-corrected chi connectivity index (χ3v) is 2.60. The summed E-state index contributed by atoms with van der Waals surface area (Å²) in [5.41, 5.74) is -0.305. The van der Waals surface area contributed by atoms with Crippen LogP contribution in [0.25, 0.3) is 0 Å². The first-order chi connectivity index (χ1) is 6.24. The molecule has 0 radical (unpaired) electrons. The maximum atomic E-state index is 5.62. The summed E-state index contributed by atoms with van der Waals surface area (Å²) in [6, 6.07) is 0. The van der Waals surface area contributed by atoms with Gasteiger partial charge in [0.05, 0.1) is 5.88 Å². The van der Waals surface area contributed by atoms with Crippen LogP contribution in [0.15, 0.2) is 0 Å². The molecule has 4 nitrogen and oxygen atoms in total. The summed E-state index contributed by atoms with van der Waals surface area (Å²) >= 11 is 5.62. The van der Waals surface area contributed by atoms with Crippen molar-refractivity contribution in [1.82, 2.24) is 15.2 Å². The van der Waals surface area contributed by atoms with Gasteiger partial charge in [-0.25, -0.2) is 4.98 Å². The number of rotatable bonds is 2. The molecule has 5 heteroatoms. The molecule has 1 aliphatic rings. The van der Waals surface area contributed by atoms with E-state index in [2.05, 4.69) is 15.2 Å². The van der Waals surface area contributed by atoms with Gasteiger partial charge in [-0.05, 0) is 19.8 Å². The zero-order valence-electron chi connectivity index (χ0n) is 7.51. The van der Waals surface area contributed by atoms with Crippen LogP contribution in [0.2, 0.25) is 0 Å². The monoisotopic (exact) mass is 201 g/mol. The highest BCUT2D eigenvalue weighted by atomic mass is 35.5. The van der Waals surface area contributed by atoms with Crippen molar-refractivity contribution < 1.29 is 4.74 Å². The molecule has 0 saturated carbocycles. The number of alkyl halides is 1. The second-order valence-electron chi connectivity index (χ2n) is 3.42. The lowest BCUT2D eigenvalue weighted by molar-refractivity contribution is 0.00960. The fourth-order valence-corrected chi connectivity index (χ4v) is 1.67. The molecular weight excluding hydrogens is 190 g/mol. The molecule has 13 heavy (non-hydrogen) atoms. The predicted molar refractivity (Wildman–Crippen MR) is 48.5 cm³/mol. The highest BCUT2D eigenvalue weighted by molar-refractivity contribution is 6.16. The lowest BCUT2D eigenvalue weighted by Gasteiger charge is -2.18. The van der Waals surface area contributed by atoms with E-state index in [0.29, 0.717) is 11.7 Å². The molecule has 1 saturated heterocycles. The molecule has 1 aromatic heterocycles. The molecule has 0 spiro atoms. The minimum absolute atomic E-state index is 0.305. The summed E-state index contributed by atoms with van der Waals surface area (Å²) in [6.07, 6.45) is 2.05. The first kappa shape index (κ1) is 8.97. The SMILES string of the molecule is CC1(c2n[nH]c(CCl)n2)CCCO1. The van der Waals surface area contributed by atoms with Crippen LogP contribution in [-0.2, 0) is 16.2 Å². The van der Waals surface area contributed by atoms with E-state index in [0.717, 1.165) is 25.3 Å². The molecular formula is C8H12ClN3O.